The fraction of sp³-hybridized carbons (Fsp3) is 0.368. The molecular formula is C19H24N4O3S. The van der Waals surface area contributed by atoms with Crippen LogP contribution in [0.1, 0.15) is 5.56 Å². The Morgan fingerprint density at radius 2 is 2.07 bits per heavy atom. The van der Waals surface area contributed by atoms with Gasteiger partial charge in [0.15, 0.2) is 4.90 Å². The van der Waals surface area contributed by atoms with E-state index in [1.807, 2.05) is 31.1 Å². The molecule has 8 heteroatoms. The molecule has 0 radical (unpaired) electrons. The summed E-state index contributed by atoms with van der Waals surface area (Å²) in [7, 11) is 3.76. The third kappa shape index (κ3) is 5.50. The summed E-state index contributed by atoms with van der Waals surface area (Å²) in [5.41, 5.74) is 1.67. The standard InChI is InChI=1S/C19H24N4O3S/c1-23(2)18(10-14-4-3-9-20-11-14)19(24)21-15-5-7-17(8-6-15)27(25)22-16-12-26-13-16/h3-9,11,16,18,22H,10,12-13H2,1-2H3,(H,21,24). The van der Waals surface area contributed by atoms with Crippen molar-refractivity contribution in [3.05, 3.63) is 54.4 Å². The smallest absolute Gasteiger partial charge is 0.242 e. The van der Waals surface area contributed by atoms with Crippen molar-refractivity contribution in [1.82, 2.24) is 14.6 Å². The van der Waals surface area contributed by atoms with Crippen molar-refractivity contribution in [3.63, 3.8) is 0 Å². The van der Waals surface area contributed by atoms with Gasteiger partial charge in [-0.25, -0.2) is 0 Å². The quantitative estimate of drug-likeness (QED) is 0.661. The maximum absolute atomic E-state index is 12.7. The van der Waals surface area contributed by atoms with Crippen molar-refractivity contribution in [2.45, 2.75) is 23.4 Å². The highest BCUT2D eigenvalue weighted by Gasteiger charge is 2.25. The highest BCUT2D eigenvalue weighted by Crippen LogP contribution is 2.17. The van der Waals surface area contributed by atoms with E-state index >= 15 is 0 Å². The monoisotopic (exact) mass is 388 g/mol. The highest BCUT2D eigenvalue weighted by molar-refractivity contribution is 7.89. The largest absolute Gasteiger partial charge is 0.593 e. The van der Waals surface area contributed by atoms with Gasteiger partial charge in [-0.2, -0.15) is 0 Å². The second kappa shape index (κ2) is 9.29. The minimum absolute atomic E-state index is 0.0949. The van der Waals surface area contributed by atoms with Crippen LogP contribution < -0.4 is 10.0 Å². The molecule has 0 saturated carbocycles. The SMILES string of the molecule is CN(C)C(Cc1cccnc1)C(=O)Nc1ccc([S+]([O-])NC2COC2)cc1. The first-order valence-electron chi connectivity index (χ1n) is 8.75. The number of ether oxygens (including phenoxy) is 1. The van der Waals surface area contributed by atoms with Crippen LogP contribution in [0.5, 0.6) is 0 Å². The molecule has 1 amide bonds. The Bertz CT molecular complexity index is 738. The predicted molar refractivity (Wildman–Crippen MR) is 105 cm³/mol. The summed E-state index contributed by atoms with van der Waals surface area (Å²) >= 11 is -1.28. The number of aromatic nitrogens is 1. The predicted octanol–water partition coefficient (Wildman–Crippen LogP) is 1.20. The van der Waals surface area contributed by atoms with Gasteiger partial charge in [-0.15, -0.1) is 4.72 Å². The fourth-order valence-corrected chi connectivity index (χ4v) is 3.62. The second-order valence-electron chi connectivity index (χ2n) is 6.68. The van der Waals surface area contributed by atoms with Gasteiger partial charge < -0.3 is 14.6 Å². The van der Waals surface area contributed by atoms with Crippen LogP contribution in [0, 0.1) is 0 Å². The number of nitrogens with one attached hydrogen (secondary N) is 2. The number of hydrogen-bond acceptors (Lipinski definition) is 6. The number of nitrogens with zero attached hydrogens (tertiary/aromatic N) is 2. The van der Waals surface area contributed by atoms with Crippen LogP contribution in [0.3, 0.4) is 0 Å². The first kappa shape index (κ1) is 19.8. The molecule has 0 bridgehead atoms. The van der Waals surface area contributed by atoms with Gasteiger partial charge in [-0.1, -0.05) is 6.07 Å². The fourth-order valence-electron chi connectivity index (χ4n) is 2.66. The van der Waals surface area contributed by atoms with Crippen molar-refractivity contribution in [3.8, 4) is 0 Å². The molecule has 1 saturated heterocycles. The Balaban J connectivity index is 1.59. The molecule has 1 aliphatic heterocycles. The zero-order chi connectivity index (χ0) is 19.2. The summed E-state index contributed by atoms with van der Waals surface area (Å²) in [5, 5.41) is 2.93. The van der Waals surface area contributed by atoms with Gasteiger partial charge in [0.1, 0.15) is 0 Å². The van der Waals surface area contributed by atoms with Crippen LogP contribution in [-0.2, 0) is 27.3 Å². The Morgan fingerprint density at radius 1 is 1.33 bits per heavy atom. The van der Waals surface area contributed by atoms with Crippen LogP contribution in [0.15, 0.2) is 53.7 Å². The van der Waals surface area contributed by atoms with Gasteiger partial charge in [-0.05, 0) is 56.4 Å². The number of amides is 1. The van der Waals surface area contributed by atoms with E-state index in [2.05, 4.69) is 15.0 Å². The number of likely N-dealkylation sites (N-methyl/N-ethyl adjacent to an activating group) is 1. The number of hydrogen-bond donors (Lipinski definition) is 2. The highest BCUT2D eigenvalue weighted by atomic mass is 32.2. The lowest BCUT2D eigenvalue weighted by molar-refractivity contribution is -0.120. The van der Waals surface area contributed by atoms with E-state index in [-0.39, 0.29) is 18.0 Å². The Labute approximate surface area is 162 Å². The molecule has 0 aliphatic carbocycles. The van der Waals surface area contributed by atoms with E-state index in [0.29, 0.717) is 30.2 Å². The van der Waals surface area contributed by atoms with Crippen molar-refractivity contribution in [2.75, 3.05) is 32.6 Å². The van der Waals surface area contributed by atoms with E-state index in [4.69, 9.17) is 4.74 Å². The zero-order valence-electron chi connectivity index (χ0n) is 15.4. The van der Waals surface area contributed by atoms with Crippen LogP contribution in [0.2, 0.25) is 0 Å². The molecule has 7 nitrogen and oxygen atoms in total. The van der Waals surface area contributed by atoms with Gasteiger partial charge in [0.05, 0.1) is 36.7 Å². The Hall–Kier alpha value is -1.97. The van der Waals surface area contributed by atoms with Crippen LogP contribution in [0.25, 0.3) is 0 Å². The molecule has 3 rings (SSSR count). The van der Waals surface area contributed by atoms with Crippen LogP contribution >= 0.6 is 0 Å². The molecule has 2 N–H and O–H groups in total. The molecule has 2 atom stereocenters. The average molecular weight is 388 g/mol. The van der Waals surface area contributed by atoms with Gasteiger partial charge in [0.25, 0.3) is 0 Å². The van der Waals surface area contributed by atoms with Crippen molar-refractivity contribution in [2.24, 2.45) is 0 Å². The average Bonchev–Trinajstić information content (AvgIpc) is 2.63. The summed E-state index contributed by atoms with van der Waals surface area (Å²) in [6.07, 6.45) is 4.06. The maximum atomic E-state index is 12.7. The van der Waals surface area contributed by atoms with Gasteiger partial charge in [0, 0.05) is 18.1 Å². The number of anilines is 1. The summed E-state index contributed by atoms with van der Waals surface area (Å²) < 4.78 is 20.3. The molecule has 1 fully saturated rings. The molecule has 2 unspecified atom stereocenters. The zero-order valence-corrected chi connectivity index (χ0v) is 16.2. The number of rotatable bonds is 8. The lowest BCUT2D eigenvalue weighted by Crippen LogP contribution is -2.48. The van der Waals surface area contributed by atoms with E-state index in [9.17, 15) is 9.35 Å². The van der Waals surface area contributed by atoms with Crippen molar-refractivity contribution in [1.29, 1.82) is 0 Å². The van der Waals surface area contributed by atoms with E-state index < -0.39 is 11.4 Å². The minimum Gasteiger partial charge on any atom is -0.593 e. The van der Waals surface area contributed by atoms with Gasteiger partial charge >= 0.3 is 0 Å². The molecule has 1 aromatic heterocycles. The number of benzene rings is 1. The first-order chi connectivity index (χ1) is 13.0. The number of pyridine rings is 1. The summed E-state index contributed by atoms with van der Waals surface area (Å²) in [4.78, 5) is 19.4. The van der Waals surface area contributed by atoms with Crippen LogP contribution in [0.4, 0.5) is 5.69 Å². The summed E-state index contributed by atoms with van der Waals surface area (Å²) in [5.74, 6) is -0.0949. The maximum Gasteiger partial charge on any atom is 0.242 e. The van der Waals surface area contributed by atoms with Gasteiger partial charge in [0.2, 0.25) is 5.91 Å². The van der Waals surface area contributed by atoms with Crippen molar-refractivity contribution < 1.29 is 14.1 Å². The first-order valence-corrected chi connectivity index (χ1v) is 9.90. The lowest BCUT2D eigenvalue weighted by Gasteiger charge is -2.26. The molecule has 144 valence electrons. The Morgan fingerprint density at radius 3 is 2.63 bits per heavy atom. The molecule has 1 aliphatic rings. The topological polar surface area (TPSA) is 89.6 Å². The molecular weight excluding hydrogens is 364 g/mol. The molecule has 2 aromatic rings. The minimum atomic E-state index is -1.28. The van der Waals surface area contributed by atoms with Crippen LogP contribution in [-0.4, -0.2) is 59.7 Å². The summed E-state index contributed by atoms with van der Waals surface area (Å²) in [6, 6.07) is 10.7. The normalized spacial score (nSPS) is 16.6. The molecule has 1 aromatic carbocycles. The molecule has 0 spiro atoms. The third-order valence-corrected chi connectivity index (χ3v) is 5.57. The molecule has 27 heavy (non-hydrogen) atoms. The number of carbonyl (C=O) groups excluding carboxylic acids is 1. The van der Waals surface area contributed by atoms with Crippen molar-refractivity contribution >= 4 is 23.0 Å². The van der Waals surface area contributed by atoms with Gasteiger partial charge in [-0.3, -0.25) is 14.7 Å². The third-order valence-electron chi connectivity index (χ3n) is 4.33. The van der Waals surface area contributed by atoms with E-state index in [1.165, 1.54) is 0 Å². The second-order valence-corrected chi connectivity index (χ2v) is 7.92. The van der Waals surface area contributed by atoms with E-state index in [0.717, 1.165) is 5.56 Å². The number of carbonyl (C=O) groups is 1. The lowest BCUT2D eigenvalue weighted by atomic mass is 10.1. The summed E-state index contributed by atoms with van der Waals surface area (Å²) in [6.45, 7) is 1.17. The molecule has 2 heterocycles. The van der Waals surface area contributed by atoms with E-state index in [1.54, 1.807) is 36.7 Å². The Kier molecular flexibility index (Phi) is 6.81.